The van der Waals surface area contributed by atoms with Gasteiger partial charge in [0.15, 0.2) is 0 Å². The highest BCUT2D eigenvalue weighted by Gasteiger charge is 2.26. The Hall–Kier alpha value is -1.13. The molecule has 0 spiro atoms. The van der Waals surface area contributed by atoms with E-state index >= 15 is 0 Å². The van der Waals surface area contributed by atoms with Crippen molar-refractivity contribution in [1.82, 2.24) is 10.2 Å². The third-order valence-corrected chi connectivity index (χ3v) is 4.36. The molecule has 1 saturated heterocycles. The monoisotopic (exact) mass is 279 g/mol. The van der Waals surface area contributed by atoms with E-state index in [1.165, 1.54) is 6.42 Å². The Kier molecular flexibility index (Phi) is 5.00. The van der Waals surface area contributed by atoms with Gasteiger partial charge in [-0.2, -0.15) is 0 Å². The number of hydrogen-bond acceptors (Lipinski definition) is 3. The van der Waals surface area contributed by atoms with Gasteiger partial charge in [-0.15, -0.1) is 0 Å². The lowest BCUT2D eigenvalue weighted by molar-refractivity contribution is 0.257. The van der Waals surface area contributed by atoms with Crippen molar-refractivity contribution in [2.45, 2.75) is 31.8 Å². The second-order valence-corrected chi connectivity index (χ2v) is 5.89. The van der Waals surface area contributed by atoms with Gasteiger partial charge in [0.25, 0.3) is 0 Å². The lowest BCUT2D eigenvalue weighted by Crippen LogP contribution is -2.46. The molecule has 1 heterocycles. The zero-order chi connectivity index (χ0) is 14.7. The number of likely N-dealkylation sites (N-methyl/N-ethyl adjacent to an activating group) is 1. The topological polar surface area (TPSA) is 18.5 Å². The Balaban J connectivity index is 2.31. The predicted molar refractivity (Wildman–Crippen MR) is 82.8 cm³/mol. The molecule has 0 saturated carbocycles. The lowest BCUT2D eigenvalue weighted by atomic mass is 10.00. The molecule has 4 heteroatoms. The minimum atomic E-state index is -0.107. The molecule has 0 aromatic heterocycles. The van der Waals surface area contributed by atoms with Gasteiger partial charge in [0.1, 0.15) is 5.82 Å². The number of halogens is 1. The highest BCUT2D eigenvalue weighted by atomic mass is 19.1. The molecule has 20 heavy (non-hydrogen) atoms. The summed E-state index contributed by atoms with van der Waals surface area (Å²) in [6.07, 6.45) is 2.30. The molecule has 1 aliphatic rings. The van der Waals surface area contributed by atoms with E-state index in [2.05, 4.69) is 36.1 Å². The van der Waals surface area contributed by atoms with Crippen molar-refractivity contribution in [3.63, 3.8) is 0 Å². The maximum atomic E-state index is 14.4. The van der Waals surface area contributed by atoms with E-state index in [4.69, 9.17) is 0 Å². The number of rotatable bonds is 4. The Bertz CT molecular complexity index is 447. The van der Waals surface area contributed by atoms with Crippen LogP contribution in [0.3, 0.4) is 0 Å². The summed E-state index contributed by atoms with van der Waals surface area (Å²) >= 11 is 0. The minimum absolute atomic E-state index is 0.107. The summed E-state index contributed by atoms with van der Waals surface area (Å²) in [7, 11) is 6.12. The van der Waals surface area contributed by atoms with Gasteiger partial charge < -0.3 is 15.1 Å². The van der Waals surface area contributed by atoms with Crippen LogP contribution in [0.1, 0.15) is 31.4 Å². The molecule has 2 rings (SSSR count). The third kappa shape index (κ3) is 3.13. The molecule has 1 aromatic rings. The smallest absolute Gasteiger partial charge is 0.146 e. The molecule has 0 aliphatic carbocycles. The molecule has 1 fully saturated rings. The van der Waals surface area contributed by atoms with Crippen LogP contribution in [-0.4, -0.2) is 45.2 Å². The van der Waals surface area contributed by atoms with Crippen LogP contribution in [0.25, 0.3) is 0 Å². The summed E-state index contributed by atoms with van der Waals surface area (Å²) in [5, 5.41) is 3.22. The van der Waals surface area contributed by atoms with Crippen LogP contribution in [0.15, 0.2) is 18.2 Å². The van der Waals surface area contributed by atoms with Gasteiger partial charge in [-0.1, -0.05) is 12.1 Å². The molecular formula is C16H26FN3. The summed E-state index contributed by atoms with van der Waals surface area (Å²) in [6.45, 7) is 3.91. The van der Waals surface area contributed by atoms with E-state index in [-0.39, 0.29) is 11.9 Å². The van der Waals surface area contributed by atoms with Gasteiger partial charge in [0, 0.05) is 25.2 Å². The van der Waals surface area contributed by atoms with Crippen LogP contribution < -0.4 is 10.2 Å². The van der Waals surface area contributed by atoms with Gasteiger partial charge in [0.2, 0.25) is 0 Å². The highest BCUT2D eigenvalue weighted by Crippen LogP contribution is 2.31. The Morgan fingerprint density at radius 3 is 2.80 bits per heavy atom. The van der Waals surface area contributed by atoms with E-state index in [9.17, 15) is 4.39 Å². The van der Waals surface area contributed by atoms with Gasteiger partial charge in [0.05, 0.1) is 5.69 Å². The molecular weight excluding hydrogens is 253 g/mol. The fourth-order valence-electron chi connectivity index (χ4n) is 2.95. The van der Waals surface area contributed by atoms with Crippen LogP contribution in [0.2, 0.25) is 0 Å². The van der Waals surface area contributed by atoms with Crippen molar-refractivity contribution in [3.05, 3.63) is 29.6 Å². The first kappa shape index (κ1) is 15.3. The second kappa shape index (κ2) is 6.55. The second-order valence-electron chi connectivity index (χ2n) is 5.89. The van der Waals surface area contributed by atoms with Crippen molar-refractivity contribution in [2.24, 2.45) is 0 Å². The first-order valence-electron chi connectivity index (χ1n) is 7.41. The average Bonchev–Trinajstić information content (AvgIpc) is 2.46. The number of nitrogens with zero attached hydrogens (tertiary/aromatic N) is 2. The highest BCUT2D eigenvalue weighted by molar-refractivity contribution is 5.56. The van der Waals surface area contributed by atoms with Gasteiger partial charge in [-0.3, -0.25) is 0 Å². The molecule has 2 atom stereocenters. The van der Waals surface area contributed by atoms with Crippen LogP contribution in [-0.2, 0) is 0 Å². The van der Waals surface area contributed by atoms with Crippen LogP contribution in [0.5, 0.6) is 0 Å². The summed E-state index contributed by atoms with van der Waals surface area (Å²) in [5.41, 5.74) is 1.83. The normalized spacial score (nSPS) is 21.3. The van der Waals surface area contributed by atoms with Gasteiger partial charge in [-0.25, -0.2) is 4.39 Å². The van der Waals surface area contributed by atoms with Crippen LogP contribution in [0, 0.1) is 5.82 Å². The van der Waals surface area contributed by atoms with Crippen molar-refractivity contribution >= 4 is 5.69 Å². The maximum Gasteiger partial charge on any atom is 0.146 e. The SMILES string of the molecule is CNC(C)c1cccc(F)c1N1CCCC(N(C)C)C1. The molecule has 1 aliphatic heterocycles. The number of piperidine rings is 1. The summed E-state index contributed by atoms with van der Waals surface area (Å²) in [5.74, 6) is -0.107. The largest absolute Gasteiger partial charge is 0.367 e. The third-order valence-electron chi connectivity index (χ3n) is 4.36. The fourth-order valence-corrected chi connectivity index (χ4v) is 2.95. The average molecular weight is 279 g/mol. The predicted octanol–water partition coefficient (Wildman–Crippen LogP) is 2.64. The molecule has 0 amide bonds. The van der Waals surface area contributed by atoms with Crippen LogP contribution >= 0.6 is 0 Å². The molecule has 2 unspecified atom stereocenters. The number of nitrogens with one attached hydrogen (secondary N) is 1. The summed E-state index contributed by atoms with van der Waals surface area (Å²) in [4.78, 5) is 4.46. The standard InChI is InChI=1S/C16H26FN3/c1-12(18-2)14-8-5-9-15(17)16(14)20-10-6-7-13(11-20)19(3)4/h5,8-9,12-13,18H,6-7,10-11H2,1-4H3. The van der Waals surface area contributed by atoms with Crippen LogP contribution in [0.4, 0.5) is 10.1 Å². The molecule has 1 aromatic carbocycles. The van der Waals surface area contributed by atoms with Crippen molar-refractivity contribution in [1.29, 1.82) is 0 Å². The molecule has 1 N–H and O–H groups in total. The minimum Gasteiger partial charge on any atom is -0.367 e. The molecule has 112 valence electrons. The van der Waals surface area contributed by atoms with E-state index in [1.54, 1.807) is 12.1 Å². The summed E-state index contributed by atoms with van der Waals surface area (Å²) < 4.78 is 14.4. The number of hydrogen-bond donors (Lipinski definition) is 1. The van der Waals surface area contributed by atoms with E-state index in [0.29, 0.717) is 6.04 Å². The zero-order valence-corrected chi connectivity index (χ0v) is 13.0. The Morgan fingerprint density at radius 1 is 1.40 bits per heavy atom. The van der Waals surface area contributed by atoms with E-state index in [0.717, 1.165) is 30.8 Å². The van der Waals surface area contributed by atoms with Crippen molar-refractivity contribution in [3.8, 4) is 0 Å². The number of para-hydroxylation sites is 1. The zero-order valence-electron chi connectivity index (χ0n) is 13.0. The number of anilines is 1. The first-order valence-corrected chi connectivity index (χ1v) is 7.41. The summed E-state index contributed by atoms with van der Waals surface area (Å²) in [6, 6.07) is 6.05. The quantitative estimate of drug-likeness (QED) is 0.914. The first-order chi connectivity index (χ1) is 9.54. The lowest BCUT2D eigenvalue weighted by Gasteiger charge is -2.39. The molecule has 0 radical (unpaired) electrons. The van der Waals surface area contributed by atoms with E-state index < -0.39 is 0 Å². The van der Waals surface area contributed by atoms with Crippen molar-refractivity contribution in [2.75, 3.05) is 39.1 Å². The Morgan fingerprint density at radius 2 is 2.15 bits per heavy atom. The fraction of sp³-hybridized carbons (Fsp3) is 0.625. The molecule has 0 bridgehead atoms. The van der Waals surface area contributed by atoms with Crippen molar-refractivity contribution < 1.29 is 4.39 Å². The van der Waals surface area contributed by atoms with E-state index in [1.807, 2.05) is 13.1 Å². The van der Waals surface area contributed by atoms with Gasteiger partial charge >= 0.3 is 0 Å². The number of benzene rings is 1. The van der Waals surface area contributed by atoms with Gasteiger partial charge in [-0.05, 0) is 52.5 Å². The molecule has 3 nitrogen and oxygen atoms in total. The maximum absolute atomic E-state index is 14.4. The Labute approximate surface area is 121 Å².